The third-order valence-electron chi connectivity index (χ3n) is 8.85. The van der Waals surface area contributed by atoms with Crippen LogP contribution >= 0.6 is 0 Å². The standard InChI is InChI=1S/C40H42N2O8/c1-3-23-41(25-27-15-19-31(20-16-27)49-29-11-7-5-8-12-29)37(43)33-34(36(40(47)48)35(33)39(45)46)38(44)42(24-4-2)26-28-17-21-32(22-18-28)50-30-13-9-6-10-14-30/h5-22,33-36H,3-4,23-26H2,1-2H3,(H,45,46)(H,47,48). The third-order valence-corrected chi connectivity index (χ3v) is 8.85. The Morgan fingerprint density at radius 2 is 0.820 bits per heavy atom. The van der Waals surface area contributed by atoms with Crippen molar-refractivity contribution >= 4 is 23.8 Å². The Bertz CT molecular complexity index is 1620. The minimum atomic E-state index is -1.53. The van der Waals surface area contributed by atoms with Crippen LogP contribution in [-0.2, 0) is 32.3 Å². The molecule has 260 valence electrons. The summed E-state index contributed by atoms with van der Waals surface area (Å²) in [6.45, 7) is 4.73. The normalized spacial score (nSPS) is 18.0. The Morgan fingerprint density at radius 3 is 1.12 bits per heavy atom. The van der Waals surface area contributed by atoms with Gasteiger partial charge >= 0.3 is 11.9 Å². The molecule has 10 heteroatoms. The van der Waals surface area contributed by atoms with Gasteiger partial charge in [-0.1, -0.05) is 74.5 Å². The lowest BCUT2D eigenvalue weighted by Crippen LogP contribution is -2.64. The lowest BCUT2D eigenvalue weighted by molar-refractivity contribution is -0.187. The summed E-state index contributed by atoms with van der Waals surface area (Å²) in [7, 11) is 0. The summed E-state index contributed by atoms with van der Waals surface area (Å²) in [6, 6.07) is 33.1. The van der Waals surface area contributed by atoms with Crippen molar-refractivity contribution in [3.05, 3.63) is 120 Å². The van der Waals surface area contributed by atoms with Crippen LogP contribution in [0, 0.1) is 23.7 Å². The third kappa shape index (κ3) is 8.49. The first-order chi connectivity index (χ1) is 24.2. The number of hydrogen-bond donors (Lipinski definition) is 2. The number of nitrogens with zero attached hydrogens (tertiary/aromatic N) is 2. The van der Waals surface area contributed by atoms with Crippen LogP contribution in [0.15, 0.2) is 109 Å². The molecule has 50 heavy (non-hydrogen) atoms. The van der Waals surface area contributed by atoms with E-state index in [1.165, 1.54) is 9.80 Å². The second-order valence-electron chi connectivity index (χ2n) is 12.4. The van der Waals surface area contributed by atoms with Gasteiger partial charge in [0.15, 0.2) is 0 Å². The first-order valence-electron chi connectivity index (χ1n) is 16.9. The molecule has 0 bridgehead atoms. The van der Waals surface area contributed by atoms with E-state index in [0.29, 0.717) is 48.9 Å². The zero-order valence-electron chi connectivity index (χ0n) is 28.2. The lowest BCUT2D eigenvalue weighted by Gasteiger charge is -2.48. The quantitative estimate of drug-likeness (QED) is 0.128. The van der Waals surface area contributed by atoms with Gasteiger partial charge in [-0.3, -0.25) is 19.2 Å². The molecule has 0 spiro atoms. The Balaban J connectivity index is 1.35. The van der Waals surface area contributed by atoms with E-state index in [2.05, 4.69) is 0 Å². The number of carboxylic acids is 2. The molecule has 2 amide bonds. The Kier molecular flexibility index (Phi) is 11.9. The van der Waals surface area contributed by atoms with Crippen LogP contribution in [0.1, 0.15) is 37.8 Å². The van der Waals surface area contributed by atoms with Crippen LogP contribution in [0.25, 0.3) is 0 Å². The maximum Gasteiger partial charge on any atom is 0.308 e. The molecule has 1 fully saturated rings. The van der Waals surface area contributed by atoms with Crippen LogP contribution in [-0.4, -0.2) is 56.9 Å². The molecule has 1 aliphatic carbocycles. The summed E-state index contributed by atoms with van der Waals surface area (Å²) in [4.78, 5) is 56.4. The number of carboxylic acid groups (broad SMARTS) is 2. The molecule has 4 aromatic carbocycles. The molecule has 4 aromatic rings. The number of carbonyl (C=O) groups excluding carboxylic acids is 2. The van der Waals surface area contributed by atoms with E-state index in [0.717, 1.165) is 11.1 Å². The largest absolute Gasteiger partial charge is 0.481 e. The average molecular weight is 679 g/mol. The maximum absolute atomic E-state index is 14.2. The maximum atomic E-state index is 14.2. The van der Waals surface area contributed by atoms with E-state index in [-0.39, 0.29) is 13.1 Å². The predicted molar refractivity (Wildman–Crippen MR) is 187 cm³/mol. The number of hydrogen-bond acceptors (Lipinski definition) is 6. The topological polar surface area (TPSA) is 134 Å². The molecular weight excluding hydrogens is 636 g/mol. The number of carbonyl (C=O) groups is 4. The number of rotatable bonds is 16. The number of benzene rings is 4. The molecule has 0 saturated heterocycles. The monoisotopic (exact) mass is 678 g/mol. The molecule has 0 heterocycles. The summed E-state index contributed by atoms with van der Waals surface area (Å²) in [5.74, 6) is -7.03. The van der Waals surface area contributed by atoms with Gasteiger partial charge in [0, 0.05) is 26.2 Å². The van der Waals surface area contributed by atoms with Gasteiger partial charge in [-0.05, 0) is 72.5 Å². The Hall–Kier alpha value is -5.64. The van der Waals surface area contributed by atoms with Crippen molar-refractivity contribution < 1.29 is 38.9 Å². The van der Waals surface area contributed by atoms with E-state index in [9.17, 15) is 29.4 Å². The van der Waals surface area contributed by atoms with E-state index in [1.807, 2.05) is 98.8 Å². The fourth-order valence-electron chi connectivity index (χ4n) is 6.49. The van der Waals surface area contributed by atoms with Crippen LogP contribution in [0.4, 0.5) is 0 Å². The number of aliphatic carboxylic acids is 2. The Morgan fingerprint density at radius 1 is 0.500 bits per heavy atom. The second-order valence-corrected chi connectivity index (χ2v) is 12.4. The predicted octanol–water partition coefficient (Wildman–Crippen LogP) is 7.10. The first kappa shape index (κ1) is 35.7. The molecule has 4 atom stereocenters. The van der Waals surface area contributed by atoms with Gasteiger partial charge in [0.1, 0.15) is 23.0 Å². The molecular formula is C40H42N2O8. The second kappa shape index (κ2) is 16.6. The van der Waals surface area contributed by atoms with Gasteiger partial charge < -0.3 is 29.5 Å². The van der Waals surface area contributed by atoms with Crippen LogP contribution < -0.4 is 9.47 Å². The van der Waals surface area contributed by atoms with Crippen molar-refractivity contribution in [3.63, 3.8) is 0 Å². The highest BCUT2D eigenvalue weighted by Crippen LogP contribution is 2.49. The van der Waals surface area contributed by atoms with Crippen LogP contribution in [0.5, 0.6) is 23.0 Å². The highest BCUT2D eigenvalue weighted by atomic mass is 16.5. The number of para-hydroxylation sites is 2. The van der Waals surface area contributed by atoms with Crippen molar-refractivity contribution in [3.8, 4) is 23.0 Å². The molecule has 10 nitrogen and oxygen atoms in total. The molecule has 4 unspecified atom stereocenters. The van der Waals surface area contributed by atoms with E-state index in [4.69, 9.17) is 9.47 Å². The lowest BCUT2D eigenvalue weighted by atomic mass is 9.55. The van der Waals surface area contributed by atoms with Crippen molar-refractivity contribution in [2.24, 2.45) is 23.7 Å². The van der Waals surface area contributed by atoms with Gasteiger partial charge in [0.2, 0.25) is 11.8 Å². The Labute approximate surface area is 291 Å². The summed E-state index contributed by atoms with van der Waals surface area (Å²) in [6.07, 6.45) is 1.16. The van der Waals surface area contributed by atoms with E-state index in [1.54, 1.807) is 24.3 Å². The molecule has 0 aliphatic heterocycles. The fraction of sp³-hybridized carbons (Fsp3) is 0.300. The highest BCUT2D eigenvalue weighted by molar-refractivity contribution is 5.99. The molecule has 1 saturated carbocycles. The number of ether oxygens (including phenoxy) is 2. The molecule has 0 aromatic heterocycles. The molecule has 5 rings (SSSR count). The van der Waals surface area contributed by atoms with Gasteiger partial charge in [-0.2, -0.15) is 0 Å². The minimum Gasteiger partial charge on any atom is -0.481 e. The smallest absolute Gasteiger partial charge is 0.308 e. The molecule has 0 radical (unpaired) electrons. The zero-order valence-corrected chi connectivity index (χ0v) is 28.2. The fourth-order valence-corrected chi connectivity index (χ4v) is 6.49. The highest BCUT2D eigenvalue weighted by Gasteiger charge is 2.64. The average Bonchev–Trinajstić information content (AvgIpc) is 3.09. The summed E-state index contributed by atoms with van der Waals surface area (Å²) in [5.41, 5.74) is 1.56. The summed E-state index contributed by atoms with van der Waals surface area (Å²) in [5, 5.41) is 20.3. The van der Waals surface area contributed by atoms with Gasteiger partial charge in [0.05, 0.1) is 23.7 Å². The summed E-state index contributed by atoms with van der Waals surface area (Å²) < 4.78 is 11.8. The van der Waals surface area contributed by atoms with E-state index >= 15 is 0 Å². The van der Waals surface area contributed by atoms with Gasteiger partial charge in [-0.15, -0.1) is 0 Å². The van der Waals surface area contributed by atoms with Crippen molar-refractivity contribution in [2.45, 2.75) is 39.8 Å². The number of amides is 2. The molecule has 1 aliphatic rings. The van der Waals surface area contributed by atoms with Crippen LogP contribution in [0.2, 0.25) is 0 Å². The van der Waals surface area contributed by atoms with Crippen LogP contribution in [0.3, 0.4) is 0 Å². The van der Waals surface area contributed by atoms with Crippen molar-refractivity contribution in [1.82, 2.24) is 9.80 Å². The zero-order chi connectivity index (χ0) is 35.6. The SMILES string of the molecule is CCCN(Cc1ccc(Oc2ccccc2)cc1)C(=O)C1C(C(=O)O)C(C(=O)O)C1C(=O)N(CCC)Cc1ccc(Oc2ccccc2)cc1. The van der Waals surface area contributed by atoms with Crippen molar-refractivity contribution in [2.75, 3.05) is 13.1 Å². The molecule has 2 N–H and O–H groups in total. The van der Waals surface area contributed by atoms with Gasteiger partial charge in [-0.25, -0.2) is 0 Å². The van der Waals surface area contributed by atoms with Crippen molar-refractivity contribution in [1.29, 1.82) is 0 Å². The first-order valence-corrected chi connectivity index (χ1v) is 16.9. The summed E-state index contributed by atoms with van der Waals surface area (Å²) >= 11 is 0. The minimum absolute atomic E-state index is 0.163. The van der Waals surface area contributed by atoms with E-state index < -0.39 is 47.4 Å². The van der Waals surface area contributed by atoms with Gasteiger partial charge in [0.25, 0.3) is 0 Å².